The van der Waals surface area contributed by atoms with E-state index in [1.165, 1.54) is 18.2 Å². The first kappa shape index (κ1) is 14.8. The molecule has 2 N–H and O–H groups in total. The minimum absolute atomic E-state index is 0.0892. The number of nitro benzene ring substituents is 1. The van der Waals surface area contributed by atoms with E-state index in [2.05, 4.69) is 15.9 Å². The summed E-state index contributed by atoms with van der Waals surface area (Å²) >= 11 is 9.33. The van der Waals surface area contributed by atoms with Gasteiger partial charge >= 0.3 is 0 Å². The maximum Gasteiger partial charge on any atom is 0.273 e. The molecule has 2 rings (SSSR count). The van der Waals surface area contributed by atoms with E-state index in [-0.39, 0.29) is 18.0 Å². The van der Waals surface area contributed by atoms with Gasteiger partial charge in [0.25, 0.3) is 5.69 Å². The van der Waals surface area contributed by atoms with Crippen LogP contribution in [0.15, 0.2) is 40.9 Å². The first-order chi connectivity index (χ1) is 9.51. The third-order valence-electron chi connectivity index (χ3n) is 2.59. The van der Waals surface area contributed by atoms with E-state index >= 15 is 0 Å². The van der Waals surface area contributed by atoms with Crippen LogP contribution in [0.1, 0.15) is 5.56 Å². The molecule has 5 nitrogen and oxygen atoms in total. The summed E-state index contributed by atoms with van der Waals surface area (Å²) in [6, 6.07) is 9.41. The van der Waals surface area contributed by atoms with Crippen LogP contribution in [0.3, 0.4) is 0 Å². The van der Waals surface area contributed by atoms with Crippen LogP contribution in [0.5, 0.6) is 11.5 Å². The van der Waals surface area contributed by atoms with Crippen molar-refractivity contribution < 1.29 is 9.66 Å². The normalized spacial score (nSPS) is 10.3. The van der Waals surface area contributed by atoms with Gasteiger partial charge in [-0.25, -0.2) is 0 Å². The standard InChI is InChI=1S/C13H10BrClN2O3/c14-9-2-1-8(7-16)12(5-9)20-13-6-10(17(18)19)3-4-11(13)15/h1-6H,7,16H2. The fraction of sp³-hybridized carbons (Fsp3) is 0.0769. The molecule has 0 radical (unpaired) electrons. The van der Waals surface area contributed by atoms with Gasteiger partial charge in [0, 0.05) is 22.6 Å². The van der Waals surface area contributed by atoms with Gasteiger partial charge in [-0.15, -0.1) is 0 Å². The second-order valence-corrected chi connectivity index (χ2v) is 5.25. The summed E-state index contributed by atoms with van der Waals surface area (Å²) in [5.41, 5.74) is 6.32. The zero-order chi connectivity index (χ0) is 14.7. The lowest BCUT2D eigenvalue weighted by atomic mass is 10.2. The van der Waals surface area contributed by atoms with Crippen LogP contribution in [0, 0.1) is 10.1 Å². The van der Waals surface area contributed by atoms with E-state index in [1.807, 2.05) is 12.1 Å². The largest absolute Gasteiger partial charge is 0.455 e. The minimum Gasteiger partial charge on any atom is -0.455 e. The molecule has 0 aliphatic heterocycles. The average molecular weight is 358 g/mol. The third kappa shape index (κ3) is 3.27. The van der Waals surface area contributed by atoms with Crippen LogP contribution in [0.4, 0.5) is 5.69 Å². The van der Waals surface area contributed by atoms with Crippen molar-refractivity contribution >= 4 is 33.2 Å². The molecule has 0 amide bonds. The number of halogens is 2. The summed E-state index contributed by atoms with van der Waals surface area (Å²) in [4.78, 5) is 10.3. The van der Waals surface area contributed by atoms with Gasteiger partial charge in [0.1, 0.15) is 5.75 Å². The van der Waals surface area contributed by atoms with Crippen molar-refractivity contribution in [1.29, 1.82) is 0 Å². The zero-order valence-corrected chi connectivity index (χ0v) is 12.5. The highest BCUT2D eigenvalue weighted by molar-refractivity contribution is 9.10. The van der Waals surface area contributed by atoms with E-state index in [0.29, 0.717) is 10.8 Å². The highest BCUT2D eigenvalue weighted by Gasteiger charge is 2.13. The molecule has 7 heteroatoms. The lowest BCUT2D eigenvalue weighted by Gasteiger charge is -2.11. The Balaban J connectivity index is 2.41. The number of hydrogen-bond donors (Lipinski definition) is 1. The minimum atomic E-state index is -0.506. The van der Waals surface area contributed by atoms with Crippen LogP contribution in [-0.2, 0) is 6.54 Å². The van der Waals surface area contributed by atoms with Crippen LogP contribution in [-0.4, -0.2) is 4.92 Å². The Kier molecular flexibility index (Phi) is 4.59. The molecule has 0 aliphatic carbocycles. The van der Waals surface area contributed by atoms with E-state index < -0.39 is 4.92 Å². The summed E-state index contributed by atoms with van der Waals surface area (Å²) in [7, 11) is 0. The quantitative estimate of drug-likeness (QED) is 0.655. The SMILES string of the molecule is NCc1ccc(Br)cc1Oc1cc([N+](=O)[O-])ccc1Cl. The molecule has 0 bridgehead atoms. The van der Waals surface area contributed by atoms with Crippen LogP contribution in [0.2, 0.25) is 5.02 Å². The Morgan fingerprint density at radius 1 is 1.25 bits per heavy atom. The molecule has 20 heavy (non-hydrogen) atoms. The Hall–Kier alpha value is -1.63. The van der Waals surface area contributed by atoms with Gasteiger partial charge in [0.2, 0.25) is 0 Å². The lowest BCUT2D eigenvalue weighted by Crippen LogP contribution is -2.00. The number of hydrogen-bond acceptors (Lipinski definition) is 4. The predicted octanol–water partition coefficient (Wildman–Crippen LogP) is 4.26. The smallest absolute Gasteiger partial charge is 0.273 e. The second-order valence-electron chi connectivity index (χ2n) is 3.93. The predicted molar refractivity (Wildman–Crippen MR) is 80.2 cm³/mol. The maximum atomic E-state index is 10.8. The highest BCUT2D eigenvalue weighted by atomic mass is 79.9. The summed E-state index contributed by atoms with van der Waals surface area (Å²) in [5.74, 6) is 0.720. The molecule has 0 aliphatic rings. The molecule has 2 aromatic carbocycles. The number of rotatable bonds is 4. The first-order valence-electron chi connectivity index (χ1n) is 5.61. The molecule has 0 fully saturated rings. The van der Waals surface area contributed by atoms with E-state index in [4.69, 9.17) is 22.1 Å². The van der Waals surface area contributed by atoms with Gasteiger partial charge in [0.15, 0.2) is 5.75 Å². The number of non-ortho nitro benzene ring substituents is 1. The van der Waals surface area contributed by atoms with Crippen LogP contribution < -0.4 is 10.5 Å². The van der Waals surface area contributed by atoms with Crippen molar-refractivity contribution in [3.8, 4) is 11.5 Å². The van der Waals surface area contributed by atoms with Gasteiger partial charge in [0.05, 0.1) is 16.0 Å². The summed E-state index contributed by atoms with van der Waals surface area (Å²) < 4.78 is 6.47. The number of benzene rings is 2. The third-order valence-corrected chi connectivity index (χ3v) is 3.40. The Morgan fingerprint density at radius 2 is 2.00 bits per heavy atom. The van der Waals surface area contributed by atoms with Crippen LogP contribution in [0.25, 0.3) is 0 Å². The molecule has 0 aromatic heterocycles. The number of nitrogens with zero attached hydrogens (tertiary/aromatic N) is 1. The van der Waals surface area contributed by atoms with E-state index in [9.17, 15) is 10.1 Å². The fourth-order valence-corrected chi connectivity index (χ4v) is 2.09. The van der Waals surface area contributed by atoms with Crippen molar-refractivity contribution in [2.24, 2.45) is 5.73 Å². The van der Waals surface area contributed by atoms with E-state index in [1.54, 1.807) is 6.07 Å². The van der Waals surface area contributed by atoms with Gasteiger partial charge in [-0.3, -0.25) is 10.1 Å². The van der Waals surface area contributed by atoms with Gasteiger partial charge < -0.3 is 10.5 Å². The molecular formula is C13H10BrClN2O3. The van der Waals surface area contributed by atoms with Crippen LogP contribution >= 0.6 is 27.5 Å². The summed E-state index contributed by atoms with van der Waals surface area (Å²) in [5, 5.41) is 11.1. The molecular weight excluding hydrogens is 348 g/mol. The zero-order valence-electron chi connectivity index (χ0n) is 10.2. The number of nitrogens with two attached hydrogens (primary N) is 1. The number of ether oxygens (including phenoxy) is 1. The Morgan fingerprint density at radius 3 is 2.65 bits per heavy atom. The van der Waals surface area contributed by atoms with Crippen molar-refractivity contribution in [2.45, 2.75) is 6.54 Å². The molecule has 0 spiro atoms. The highest BCUT2D eigenvalue weighted by Crippen LogP contribution is 2.35. The molecule has 2 aromatic rings. The molecule has 0 saturated heterocycles. The van der Waals surface area contributed by atoms with Crippen molar-refractivity contribution in [2.75, 3.05) is 0 Å². The van der Waals surface area contributed by atoms with Gasteiger partial charge in [-0.1, -0.05) is 33.6 Å². The van der Waals surface area contributed by atoms with Gasteiger partial charge in [-0.05, 0) is 18.2 Å². The van der Waals surface area contributed by atoms with Gasteiger partial charge in [-0.2, -0.15) is 0 Å². The molecule has 104 valence electrons. The summed E-state index contributed by atoms with van der Waals surface area (Å²) in [6.07, 6.45) is 0. The first-order valence-corrected chi connectivity index (χ1v) is 6.78. The number of nitro groups is 1. The van der Waals surface area contributed by atoms with E-state index in [0.717, 1.165) is 10.0 Å². The Labute approximate surface area is 128 Å². The topological polar surface area (TPSA) is 78.4 Å². The van der Waals surface area contributed by atoms with Crippen molar-refractivity contribution in [3.05, 3.63) is 61.6 Å². The lowest BCUT2D eigenvalue weighted by molar-refractivity contribution is -0.384. The van der Waals surface area contributed by atoms with Crippen molar-refractivity contribution in [1.82, 2.24) is 0 Å². The van der Waals surface area contributed by atoms with Crippen molar-refractivity contribution in [3.63, 3.8) is 0 Å². The average Bonchev–Trinajstić information content (AvgIpc) is 2.41. The molecule has 0 saturated carbocycles. The summed E-state index contributed by atoms with van der Waals surface area (Å²) in [6.45, 7) is 0.287. The molecule has 0 atom stereocenters. The molecule has 0 unspecified atom stereocenters. The molecule has 0 heterocycles. The second kappa shape index (κ2) is 6.21. The Bertz CT molecular complexity index is 664. The fourth-order valence-electron chi connectivity index (χ4n) is 1.59. The maximum absolute atomic E-state index is 10.8. The monoisotopic (exact) mass is 356 g/mol.